The van der Waals surface area contributed by atoms with Crippen LogP contribution in [0.5, 0.6) is 11.5 Å². The molecule has 0 spiro atoms. The van der Waals surface area contributed by atoms with Gasteiger partial charge in [-0.2, -0.15) is 0 Å². The van der Waals surface area contributed by atoms with Gasteiger partial charge in [0.2, 0.25) is 0 Å². The summed E-state index contributed by atoms with van der Waals surface area (Å²) in [6, 6.07) is 6.16. The summed E-state index contributed by atoms with van der Waals surface area (Å²) < 4.78 is 17.6. The predicted octanol–water partition coefficient (Wildman–Crippen LogP) is 2.99. The van der Waals surface area contributed by atoms with Gasteiger partial charge in [0.25, 0.3) is 0 Å². The molecule has 0 amide bonds. The number of ether oxygens (including phenoxy) is 3. The number of benzene rings is 1. The Labute approximate surface area is 150 Å². The van der Waals surface area contributed by atoms with E-state index in [9.17, 15) is 5.11 Å². The van der Waals surface area contributed by atoms with Crippen LogP contribution in [0.15, 0.2) is 18.2 Å². The SMILES string of the molecule is CCCCCOC[C@@H]1COc2cc([C@H]3CC[C@](N)(CO)C3)ccc2O1. The van der Waals surface area contributed by atoms with E-state index in [1.54, 1.807) is 0 Å². The third-order valence-electron chi connectivity index (χ3n) is 5.31. The third-order valence-corrected chi connectivity index (χ3v) is 5.31. The highest BCUT2D eigenvalue weighted by atomic mass is 16.6. The van der Waals surface area contributed by atoms with Crippen molar-refractivity contribution in [1.82, 2.24) is 0 Å². The van der Waals surface area contributed by atoms with Crippen LogP contribution in [0.25, 0.3) is 0 Å². The summed E-state index contributed by atoms with van der Waals surface area (Å²) >= 11 is 0. The molecule has 5 heteroatoms. The van der Waals surface area contributed by atoms with Gasteiger partial charge in [0.05, 0.1) is 13.2 Å². The zero-order chi connectivity index (χ0) is 17.7. The maximum Gasteiger partial charge on any atom is 0.161 e. The molecule has 5 nitrogen and oxygen atoms in total. The van der Waals surface area contributed by atoms with Crippen LogP contribution >= 0.6 is 0 Å². The molecule has 0 unspecified atom stereocenters. The van der Waals surface area contributed by atoms with E-state index in [0.29, 0.717) is 19.1 Å². The molecule has 1 aliphatic carbocycles. The molecule has 2 aliphatic rings. The van der Waals surface area contributed by atoms with Gasteiger partial charge >= 0.3 is 0 Å². The minimum atomic E-state index is -0.432. The standard InChI is InChI=1S/C20H31NO4/c1-2-3-4-9-23-12-17-13-24-19-10-15(5-6-18(19)25-17)16-7-8-20(21,11-16)14-22/h5-6,10,16-17,22H,2-4,7-9,11-14,21H2,1H3/t16-,17+,20+/m0/s1. The van der Waals surface area contributed by atoms with Gasteiger partial charge in [-0.05, 0) is 49.3 Å². The molecule has 1 heterocycles. The van der Waals surface area contributed by atoms with Crippen molar-refractivity contribution in [2.75, 3.05) is 26.4 Å². The van der Waals surface area contributed by atoms with Crippen LogP contribution in [0.2, 0.25) is 0 Å². The Hall–Kier alpha value is -1.30. The molecule has 3 N–H and O–H groups in total. The number of aliphatic hydroxyl groups is 1. The van der Waals surface area contributed by atoms with E-state index >= 15 is 0 Å². The highest BCUT2D eigenvalue weighted by Gasteiger charge is 2.36. The van der Waals surface area contributed by atoms with E-state index < -0.39 is 5.54 Å². The minimum absolute atomic E-state index is 0.0439. The van der Waals surface area contributed by atoms with Gasteiger partial charge in [0.15, 0.2) is 17.6 Å². The van der Waals surface area contributed by atoms with Gasteiger partial charge in [-0.3, -0.25) is 0 Å². The van der Waals surface area contributed by atoms with E-state index in [2.05, 4.69) is 19.1 Å². The molecule has 140 valence electrons. The molecule has 1 aromatic rings. The van der Waals surface area contributed by atoms with Crippen LogP contribution < -0.4 is 15.2 Å². The van der Waals surface area contributed by atoms with Crippen LogP contribution in [0.1, 0.15) is 56.9 Å². The average molecular weight is 349 g/mol. The van der Waals surface area contributed by atoms with Gasteiger partial charge in [-0.15, -0.1) is 0 Å². The van der Waals surface area contributed by atoms with Gasteiger partial charge in [-0.1, -0.05) is 25.8 Å². The van der Waals surface area contributed by atoms with Crippen molar-refractivity contribution in [3.8, 4) is 11.5 Å². The predicted molar refractivity (Wildman–Crippen MR) is 97.3 cm³/mol. The van der Waals surface area contributed by atoms with Crippen LogP contribution in [0, 0.1) is 0 Å². The van der Waals surface area contributed by atoms with Crippen LogP contribution in [-0.4, -0.2) is 43.2 Å². The van der Waals surface area contributed by atoms with Gasteiger partial charge < -0.3 is 25.1 Å². The molecule has 0 aromatic heterocycles. The quantitative estimate of drug-likeness (QED) is 0.706. The van der Waals surface area contributed by atoms with Gasteiger partial charge in [0.1, 0.15) is 6.61 Å². The average Bonchev–Trinajstić information content (AvgIpc) is 3.04. The molecular formula is C20H31NO4. The summed E-state index contributed by atoms with van der Waals surface area (Å²) in [6.45, 7) is 4.11. The molecule has 1 saturated carbocycles. The highest BCUT2D eigenvalue weighted by Crippen LogP contribution is 2.42. The first-order valence-corrected chi connectivity index (χ1v) is 9.54. The van der Waals surface area contributed by atoms with Gasteiger partial charge in [-0.25, -0.2) is 0 Å². The number of hydrogen-bond acceptors (Lipinski definition) is 5. The first-order chi connectivity index (χ1) is 12.1. The largest absolute Gasteiger partial charge is 0.486 e. The first-order valence-electron chi connectivity index (χ1n) is 9.54. The summed E-state index contributed by atoms with van der Waals surface area (Å²) in [5, 5.41) is 9.45. The van der Waals surface area contributed by atoms with Gasteiger partial charge in [0, 0.05) is 12.1 Å². The monoisotopic (exact) mass is 349 g/mol. The van der Waals surface area contributed by atoms with Crippen LogP contribution in [0.4, 0.5) is 0 Å². The van der Waals surface area contributed by atoms with Crippen molar-refractivity contribution in [3.63, 3.8) is 0 Å². The number of rotatable bonds is 8. The fraction of sp³-hybridized carbons (Fsp3) is 0.700. The van der Waals surface area contributed by atoms with E-state index in [0.717, 1.165) is 43.8 Å². The fourth-order valence-corrected chi connectivity index (χ4v) is 3.72. The molecule has 1 aromatic carbocycles. The minimum Gasteiger partial charge on any atom is -0.486 e. The van der Waals surface area contributed by atoms with Crippen LogP contribution in [0.3, 0.4) is 0 Å². The molecule has 1 aliphatic heterocycles. The van der Waals surface area contributed by atoms with Crippen molar-refractivity contribution < 1.29 is 19.3 Å². The lowest BCUT2D eigenvalue weighted by Crippen LogP contribution is -2.40. The highest BCUT2D eigenvalue weighted by molar-refractivity contribution is 5.45. The van der Waals surface area contributed by atoms with E-state index in [-0.39, 0.29) is 12.7 Å². The number of nitrogens with two attached hydrogens (primary N) is 1. The topological polar surface area (TPSA) is 73.9 Å². The molecule has 3 rings (SSSR count). The molecule has 1 fully saturated rings. The zero-order valence-electron chi connectivity index (χ0n) is 15.2. The smallest absolute Gasteiger partial charge is 0.161 e. The second-order valence-corrected chi connectivity index (χ2v) is 7.50. The molecule has 0 saturated heterocycles. The van der Waals surface area contributed by atoms with E-state index in [4.69, 9.17) is 19.9 Å². The van der Waals surface area contributed by atoms with Crippen LogP contribution in [-0.2, 0) is 4.74 Å². The zero-order valence-corrected chi connectivity index (χ0v) is 15.2. The van der Waals surface area contributed by atoms with Crippen molar-refractivity contribution in [1.29, 1.82) is 0 Å². The van der Waals surface area contributed by atoms with Crippen molar-refractivity contribution >= 4 is 0 Å². The Morgan fingerprint density at radius 1 is 1.32 bits per heavy atom. The number of fused-ring (bicyclic) bond motifs is 1. The molecule has 25 heavy (non-hydrogen) atoms. The normalized spacial score (nSPS) is 28.3. The summed E-state index contributed by atoms with van der Waals surface area (Å²) in [5.74, 6) is 1.97. The lowest BCUT2D eigenvalue weighted by molar-refractivity contribution is 0.00780. The lowest BCUT2D eigenvalue weighted by atomic mass is 9.93. The Morgan fingerprint density at radius 3 is 2.96 bits per heavy atom. The van der Waals surface area contributed by atoms with E-state index in [1.165, 1.54) is 18.4 Å². The number of aliphatic hydroxyl groups excluding tert-OH is 1. The summed E-state index contributed by atoms with van der Waals surface area (Å²) in [5.41, 5.74) is 6.99. The second-order valence-electron chi connectivity index (χ2n) is 7.50. The van der Waals surface area contributed by atoms with Crippen molar-refractivity contribution in [2.45, 2.75) is 63.0 Å². The summed E-state index contributed by atoms with van der Waals surface area (Å²) in [4.78, 5) is 0. The maximum absolute atomic E-state index is 9.45. The van der Waals surface area contributed by atoms with E-state index in [1.807, 2.05) is 6.07 Å². The molecule has 0 radical (unpaired) electrons. The molecule has 0 bridgehead atoms. The number of hydrogen-bond donors (Lipinski definition) is 2. The summed E-state index contributed by atoms with van der Waals surface area (Å²) in [6.07, 6.45) is 6.14. The van der Waals surface area contributed by atoms with Crippen molar-refractivity contribution in [3.05, 3.63) is 23.8 Å². The Morgan fingerprint density at radius 2 is 2.20 bits per heavy atom. The number of unbranched alkanes of at least 4 members (excludes halogenated alkanes) is 2. The Kier molecular flexibility index (Phi) is 6.20. The molecular weight excluding hydrogens is 318 g/mol. The first kappa shape index (κ1) is 18.5. The molecule has 3 atom stereocenters. The fourth-order valence-electron chi connectivity index (χ4n) is 3.72. The third kappa shape index (κ3) is 4.66. The maximum atomic E-state index is 9.45. The second kappa shape index (κ2) is 8.39. The Balaban J connectivity index is 1.53. The lowest BCUT2D eigenvalue weighted by Gasteiger charge is -2.27. The van der Waals surface area contributed by atoms with Crippen molar-refractivity contribution in [2.24, 2.45) is 5.73 Å². The summed E-state index contributed by atoms with van der Waals surface area (Å²) in [7, 11) is 0. The Bertz CT molecular complexity index is 565.